The molecule has 30 heavy (non-hydrogen) atoms. The number of rotatable bonds is 6. The molecule has 2 aromatic carbocycles. The predicted molar refractivity (Wildman–Crippen MR) is 124 cm³/mol. The summed E-state index contributed by atoms with van der Waals surface area (Å²) in [6, 6.07) is 12.9. The van der Waals surface area contributed by atoms with Crippen LogP contribution in [-0.2, 0) is 0 Å². The number of para-hydroxylation sites is 1. The lowest BCUT2D eigenvalue weighted by Crippen LogP contribution is -2.30. The van der Waals surface area contributed by atoms with Crippen LogP contribution in [0.5, 0.6) is 5.75 Å². The molecule has 1 aliphatic heterocycles. The fourth-order valence-electron chi connectivity index (χ4n) is 3.75. The van der Waals surface area contributed by atoms with E-state index in [1.807, 2.05) is 0 Å². The van der Waals surface area contributed by atoms with Crippen LogP contribution in [-0.4, -0.2) is 24.1 Å². The number of aromatic hydroxyl groups is 1. The Morgan fingerprint density at radius 3 is 2.47 bits per heavy atom. The zero-order chi connectivity index (χ0) is 21.3. The van der Waals surface area contributed by atoms with E-state index >= 15 is 0 Å². The second-order valence-corrected chi connectivity index (χ2v) is 7.69. The average Bonchev–Trinajstić information content (AvgIpc) is 2.69. The summed E-state index contributed by atoms with van der Waals surface area (Å²) in [5.41, 5.74) is 3.44. The largest absolute Gasteiger partial charge is 0.507 e. The van der Waals surface area contributed by atoms with Gasteiger partial charge < -0.3 is 20.6 Å². The minimum atomic E-state index is -0.380. The van der Waals surface area contributed by atoms with Crippen molar-refractivity contribution in [3.63, 3.8) is 0 Å². The van der Waals surface area contributed by atoms with Gasteiger partial charge in [-0.15, -0.1) is 0 Å². The van der Waals surface area contributed by atoms with Crippen LogP contribution in [0.4, 0.5) is 11.4 Å². The molecule has 1 heterocycles. The van der Waals surface area contributed by atoms with Crippen LogP contribution in [0.15, 0.2) is 67.0 Å². The molecule has 5 nitrogen and oxygen atoms in total. The number of carbonyl (C=O) groups is 1. The Bertz CT molecular complexity index is 912. The third-order valence-electron chi connectivity index (χ3n) is 5.30. The first-order valence-electron chi connectivity index (χ1n) is 10.6. The number of amides is 1. The zero-order valence-corrected chi connectivity index (χ0v) is 17.7. The second-order valence-electron chi connectivity index (χ2n) is 7.69. The van der Waals surface area contributed by atoms with Crippen molar-refractivity contribution in [2.45, 2.75) is 39.0 Å². The third-order valence-corrected chi connectivity index (χ3v) is 5.30. The van der Waals surface area contributed by atoms with Gasteiger partial charge in [-0.2, -0.15) is 0 Å². The standard InChI is InChI=1S/C25H31N3O2/c1-3-11-24(27-25(30)20-12-7-8-13-23(20)29)26-21-18-19(2)14-15-22(21)28-16-9-5-4-6-10-17-28/h3,7-8,11-15,18,26,29H,1,4-6,9-10,16-17H2,2H3,(H,27,30)/b24-11+. The van der Waals surface area contributed by atoms with Crippen LogP contribution in [0.3, 0.4) is 0 Å². The van der Waals surface area contributed by atoms with Crippen LogP contribution >= 0.6 is 0 Å². The number of nitrogens with one attached hydrogen (secondary N) is 2. The number of hydrogen-bond acceptors (Lipinski definition) is 4. The quantitative estimate of drug-likeness (QED) is 0.568. The van der Waals surface area contributed by atoms with E-state index in [4.69, 9.17) is 0 Å². The predicted octanol–water partition coefficient (Wildman–Crippen LogP) is 5.34. The summed E-state index contributed by atoms with van der Waals surface area (Å²) >= 11 is 0. The highest BCUT2D eigenvalue weighted by Gasteiger charge is 2.16. The van der Waals surface area contributed by atoms with Gasteiger partial charge in [-0.1, -0.05) is 50.1 Å². The third kappa shape index (κ3) is 5.66. The van der Waals surface area contributed by atoms with Gasteiger partial charge in [0.1, 0.15) is 11.6 Å². The van der Waals surface area contributed by atoms with Crippen LogP contribution in [0, 0.1) is 6.92 Å². The van der Waals surface area contributed by atoms with Gasteiger partial charge >= 0.3 is 0 Å². The van der Waals surface area contributed by atoms with Crippen molar-refractivity contribution in [1.82, 2.24) is 5.32 Å². The van der Waals surface area contributed by atoms with Gasteiger partial charge in [0.2, 0.25) is 0 Å². The number of nitrogens with zero attached hydrogens (tertiary/aromatic N) is 1. The minimum Gasteiger partial charge on any atom is -0.507 e. The molecule has 0 unspecified atom stereocenters. The molecule has 0 saturated carbocycles. The molecule has 1 fully saturated rings. The Hall–Kier alpha value is -3.21. The van der Waals surface area contributed by atoms with Crippen molar-refractivity contribution in [1.29, 1.82) is 0 Å². The molecule has 0 radical (unpaired) electrons. The summed E-state index contributed by atoms with van der Waals surface area (Å²) in [5, 5.41) is 16.2. The zero-order valence-electron chi connectivity index (χ0n) is 17.7. The molecule has 0 spiro atoms. The maximum Gasteiger partial charge on any atom is 0.260 e. The Morgan fingerprint density at radius 1 is 1.07 bits per heavy atom. The number of phenols is 1. The van der Waals surface area contributed by atoms with Crippen molar-refractivity contribution in [2.75, 3.05) is 23.3 Å². The number of anilines is 2. The van der Waals surface area contributed by atoms with Gasteiger partial charge in [0, 0.05) is 13.1 Å². The minimum absolute atomic E-state index is 0.0511. The van der Waals surface area contributed by atoms with Crippen molar-refractivity contribution in [3.8, 4) is 5.75 Å². The van der Waals surface area contributed by atoms with Crippen LogP contribution in [0.2, 0.25) is 0 Å². The first-order chi connectivity index (χ1) is 14.6. The summed E-state index contributed by atoms with van der Waals surface area (Å²) in [7, 11) is 0. The fraction of sp³-hybridized carbons (Fsp3) is 0.320. The maximum absolute atomic E-state index is 12.7. The SMILES string of the molecule is C=C/C=C(/NC(=O)c1ccccc1O)Nc1cc(C)ccc1N1CCCCCCC1. The molecule has 3 N–H and O–H groups in total. The molecule has 158 valence electrons. The Morgan fingerprint density at radius 2 is 1.77 bits per heavy atom. The van der Waals surface area contributed by atoms with Crippen molar-refractivity contribution < 1.29 is 9.90 Å². The van der Waals surface area contributed by atoms with E-state index in [1.54, 1.807) is 30.4 Å². The number of phenolic OH excluding ortho intramolecular Hbond substituents is 1. The highest BCUT2D eigenvalue weighted by Crippen LogP contribution is 2.30. The van der Waals surface area contributed by atoms with E-state index in [9.17, 15) is 9.90 Å². The monoisotopic (exact) mass is 405 g/mol. The highest BCUT2D eigenvalue weighted by atomic mass is 16.3. The fourth-order valence-corrected chi connectivity index (χ4v) is 3.75. The van der Waals surface area contributed by atoms with Crippen LogP contribution in [0.1, 0.15) is 48.0 Å². The number of benzene rings is 2. The average molecular weight is 406 g/mol. The molecule has 3 rings (SSSR count). The van der Waals surface area contributed by atoms with Gasteiger partial charge in [0.05, 0.1) is 16.9 Å². The molecular formula is C25H31N3O2. The van der Waals surface area contributed by atoms with Gasteiger partial charge in [-0.05, 0) is 55.7 Å². The molecule has 5 heteroatoms. The van der Waals surface area contributed by atoms with Crippen molar-refractivity contribution in [2.24, 2.45) is 0 Å². The first-order valence-corrected chi connectivity index (χ1v) is 10.6. The van der Waals surface area contributed by atoms with Gasteiger partial charge in [-0.3, -0.25) is 4.79 Å². The maximum atomic E-state index is 12.7. The molecule has 0 atom stereocenters. The summed E-state index contributed by atoms with van der Waals surface area (Å²) < 4.78 is 0. The summed E-state index contributed by atoms with van der Waals surface area (Å²) in [4.78, 5) is 15.1. The number of carbonyl (C=O) groups excluding carboxylic acids is 1. The van der Waals surface area contributed by atoms with Crippen molar-refractivity contribution >= 4 is 17.3 Å². The summed E-state index contributed by atoms with van der Waals surface area (Å²) in [6.07, 6.45) is 9.57. The number of aryl methyl sites for hydroxylation is 1. The Labute approximate surface area is 179 Å². The smallest absolute Gasteiger partial charge is 0.260 e. The van der Waals surface area contributed by atoms with E-state index in [2.05, 4.69) is 47.2 Å². The molecule has 0 aromatic heterocycles. The summed E-state index contributed by atoms with van der Waals surface area (Å²) in [5.74, 6) is 0.0798. The molecular weight excluding hydrogens is 374 g/mol. The van der Waals surface area contributed by atoms with E-state index in [0.717, 1.165) is 30.0 Å². The van der Waals surface area contributed by atoms with E-state index in [0.29, 0.717) is 5.82 Å². The first kappa shape index (κ1) is 21.5. The number of hydrogen-bond donors (Lipinski definition) is 3. The lowest BCUT2D eigenvalue weighted by atomic mass is 10.1. The molecule has 1 aliphatic rings. The Balaban J connectivity index is 1.83. The van der Waals surface area contributed by atoms with Crippen LogP contribution < -0.4 is 15.5 Å². The van der Waals surface area contributed by atoms with Gasteiger partial charge in [0.25, 0.3) is 5.91 Å². The molecule has 0 bridgehead atoms. The van der Waals surface area contributed by atoms with Crippen molar-refractivity contribution in [3.05, 3.63) is 78.1 Å². The Kier molecular flexibility index (Phi) is 7.55. The topological polar surface area (TPSA) is 64.6 Å². The van der Waals surface area contributed by atoms with Crippen LogP contribution in [0.25, 0.3) is 0 Å². The molecule has 0 aliphatic carbocycles. The van der Waals surface area contributed by atoms with E-state index in [-0.39, 0.29) is 17.2 Å². The number of allylic oxidation sites excluding steroid dienone is 2. The lowest BCUT2D eigenvalue weighted by Gasteiger charge is -2.29. The van der Waals surface area contributed by atoms with E-state index in [1.165, 1.54) is 38.2 Å². The molecule has 1 saturated heterocycles. The van der Waals surface area contributed by atoms with Gasteiger partial charge in [0.15, 0.2) is 0 Å². The summed E-state index contributed by atoms with van der Waals surface area (Å²) in [6.45, 7) is 7.88. The van der Waals surface area contributed by atoms with Gasteiger partial charge in [-0.25, -0.2) is 0 Å². The highest BCUT2D eigenvalue weighted by molar-refractivity contribution is 5.98. The normalized spacial score (nSPS) is 15.1. The molecule has 1 amide bonds. The lowest BCUT2D eigenvalue weighted by molar-refractivity contribution is 0.0963. The van der Waals surface area contributed by atoms with E-state index < -0.39 is 0 Å². The second kappa shape index (κ2) is 10.5. The molecule has 2 aromatic rings.